The number of nitrogens with zero attached hydrogens (tertiary/aromatic N) is 4. The monoisotopic (exact) mass is 421 g/mol. The van der Waals surface area contributed by atoms with E-state index < -0.39 is 17.4 Å². The topological polar surface area (TPSA) is 89.3 Å². The zero-order valence-electron chi connectivity index (χ0n) is 17.0. The van der Waals surface area contributed by atoms with E-state index in [2.05, 4.69) is 15.4 Å². The first kappa shape index (κ1) is 19.2. The summed E-state index contributed by atoms with van der Waals surface area (Å²) in [5.41, 5.74) is 1.24. The second-order valence-corrected chi connectivity index (χ2v) is 7.72. The lowest BCUT2D eigenvalue weighted by Crippen LogP contribution is -2.42. The average Bonchev–Trinajstić information content (AvgIpc) is 3.43. The molecule has 158 valence electrons. The Hall–Kier alpha value is -3.75. The van der Waals surface area contributed by atoms with Crippen molar-refractivity contribution >= 4 is 17.5 Å². The summed E-state index contributed by atoms with van der Waals surface area (Å²) in [6, 6.07) is 13.0. The molecule has 0 aliphatic carbocycles. The maximum absolute atomic E-state index is 13.7. The molecule has 2 aliphatic heterocycles. The fraction of sp³-hybridized carbons (Fsp3) is 0.273. The summed E-state index contributed by atoms with van der Waals surface area (Å²) in [4.78, 5) is 32.6. The Balaban J connectivity index is 1.65. The van der Waals surface area contributed by atoms with Gasteiger partial charge in [-0.05, 0) is 35.7 Å². The van der Waals surface area contributed by atoms with E-state index in [0.29, 0.717) is 18.5 Å². The van der Waals surface area contributed by atoms with Crippen LogP contribution in [0.1, 0.15) is 34.2 Å². The molecule has 9 heteroatoms. The molecule has 0 unspecified atom stereocenters. The molecule has 1 N–H and O–H groups in total. The summed E-state index contributed by atoms with van der Waals surface area (Å²) in [6.45, 7) is 0.323. The normalized spacial score (nSPS) is 22.0. The number of ether oxygens (including phenoxy) is 1. The number of carbonyl (C=O) groups excluding carboxylic acids is 2. The number of aromatic nitrogens is 3. The van der Waals surface area contributed by atoms with E-state index in [9.17, 15) is 14.0 Å². The molecular formula is C22H20FN5O3. The molecule has 1 fully saturated rings. The lowest BCUT2D eigenvalue weighted by molar-refractivity contribution is -0.121. The van der Waals surface area contributed by atoms with Crippen LogP contribution in [0.3, 0.4) is 0 Å². The SMILES string of the molecule is COc1nc(C(=O)N2CC[C@]3(C(=O)Nc4ccccc43)[C@@H]2c2ccc(F)cc2)nn1C. The smallest absolute Gasteiger partial charge is 0.314 e. The lowest BCUT2D eigenvalue weighted by Gasteiger charge is -2.34. The number of fused-ring (bicyclic) bond motifs is 2. The summed E-state index contributed by atoms with van der Waals surface area (Å²) < 4.78 is 20.2. The summed E-state index contributed by atoms with van der Waals surface area (Å²) in [7, 11) is 3.08. The second-order valence-electron chi connectivity index (χ2n) is 7.72. The van der Waals surface area contributed by atoms with E-state index in [0.717, 1.165) is 11.3 Å². The number of benzene rings is 2. The third kappa shape index (κ3) is 2.73. The van der Waals surface area contributed by atoms with Gasteiger partial charge in [-0.1, -0.05) is 30.3 Å². The van der Waals surface area contributed by atoms with E-state index in [4.69, 9.17) is 4.74 Å². The summed E-state index contributed by atoms with van der Waals surface area (Å²) >= 11 is 0. The Morgan fingerprint density at radius 1 is 1.23 bits per heavy atom. The molecule has 2 aromatic carbocycles. The Bertz CT molecular complexity index is 1190. The highest BCUT2D eigenvalue weighted by Gasteiger charge is 2.59. The molecule has 5 rings (SSSR count). The third-order valence-corrected chi connectivity index (χ3v) is 6.13. The largest absolute Gasteiger partial charge is 0.467 e. The zero-order valence-corrected chi connectivity index (χ0v) is 17.0. The van der Waals surface area contributed by atoms with Crippen LogP contribution in [0.5, 0.6) is 6.01 Å². The molecule has 0 saturated carbocycles. The molecule has 8 nitrogen and oxygen atoms in total. The first-order valence-electron chi connectivity index (χ1n) is 9.88. The fourth-order valence-electron chi connectivity index (χ4n) is 4.78. The lowest BCUT2D eigenvalue weighted by atomic mass is 9.72. The predicted molar refractivity (Wildman–Crippen MR) is 109 cm³/mol. The third-order valence-electron chi connectivity index (χ3n) is 6.13. The van der Waals surface area contributed by atoms with Crippen molar-refractivity contribution in [1.82, 2.24) is 19.7 Å². The van der Waals surface area contributed by atoms with Gasteiger partial charge in [0.2, 0.25) is 11.7 Å². The standard InChI is InChI=1S/C22H20FN5O3/c1-27-21(31-2)25-18(26-27)19(29)28-12-11-22(17(28)13-7-9-14(23)10-8-13)15-5-3-4-6-16(15)24-20(22)30/h3-10,17H,11-12H2,1-2H3,(H,24,30)/t17-,22+/m0/s1. The molecule has 3 heterocycles. The molecule has 2 amide bonds. The number of anilines is 1. The maximum Gasteiger partial charge on any atom is 0.314 e. The highest BCUT2D eigenvalue weighted by molar-refractivity contribution is 6.08. The molecule has 2 atom stereocenters. The highest BCUT2D eigenvalue weighted by atomic mass is 19.1. The Labute approximate surface area is 177 Å². The van der Waals surface area contributed by atoms with E-state index >= 15 is 0 Å². The van der Waals surface area contributed by atoms with Gasteiger partial charge in [0.15, 0.2) is 0 Å². The molecule has 1 spiro atoms. The Morgan fingerprint density at radius 2 is 1.97 bits per heavy atom. The van der Waals surface area contributed by atoms with Crippen molar-refractivity contribution in [3.05, 3.63) is 71.3 Å². The number of para-hydroxylation sites is 1. The number of hydrogen-bond donors (Lipinski definition) is 1. The minimum Gasteiger partial charge on any atom is -0.467 e. The van der Waals surface area contributed by atoms with Gasteiger partial charge in [0.05, 0.1) is 13.2 Å². The van der Waals surface area contributed by atoms with Crippen LogP contribution < -0.4 is 10.1 Å². The van der Waals surface area contributed by atoms with Gasteiger partial charge >= 0.3 is 6.01 Å². The van der Waals surface area contributed by atoms with Gasteiger partial charge in [-0.15, -0.1) is 5.10 Å². The van der Waals surface area contributed by atoms with Crippen LogP contribution >= 0.6 is 0 Å². The molecular weight excluding hydrogens is 401 g/mol. The number of nitrogens with one attached hydrogen (secondary N) is 1. The number of halogens is 1. The predicted octanol–water partition coefficient (Wildman–Crippen LogP) is 2.44. The van der Waals surface area contributed by atoms with Crippen molar-refractivity contribution in [3.8, 4) is 6.01 Å². The van der Waals surface area contributed by atoms with Crippen molar-refractivity contribution < 1.29 is 18.7 Å². The Morgan fingerprint density at radius 3 is 2.68 bits per heavy atom. The zero-order chi connectivity index (χ0) is 21.8. The molecule has 1 saturated heterocycles. The quantitative estimate of drug-likeness (QED) is 0.702. The van der Waals surface area contributed by atoms with E-state index in [1.165, 1.54) is 23.9 Å². The van der Waals surface area contributed by atoms with E-state index in [-0.39, 0.29) is 23.6 Å². The maximum atomic E-state index is 13.7. The molecule has 31 heavy (non-hydrogen) atoms. The van der Waals surface area contributed by atoms with Crippen LogP contribution in [0.25, 0.3) is 0 Å². The van der Waals surface area contributed by atoms with Crippen LogP contribution in [-0.4, -0.2) is 45.1 Å². The van der Waals surface area contributed by atoms with Gasteiger partial charge in [0.25, 0.3) is 5.91 Å². The molecule has 0 bridgehead atoms. The summed E-state index contributed by atoms with van der Waals surface area (Å²) in [6.07, 6.45) is 0.424. The van der Waals surface area contributed by atoms with Gasteiger partial charge in [0.1, 0.15) is 11.2 Å². The van der Waals surface area contributed by atoms with Crippen molar-refractivity contribution in [3.63, 3.8) is 0 Å². The number of rotatable bonds is 3. The van der Waals surface area contributed by atoms with Gasteiger partial charge in [-0.25, -0.2) is 9.07 Å². The number of methoxy groups -OCH3 is 1. The van der Waals surface area contributed by atoms with Gasteiger partial charge in [-0.3, -0.25) is 9.59 Å². The number of likely N-dealkylation sites (tertiary alicyclic amines) is 1. The second kappa shape index (κ2) is 6.90. The average molecular weight is 421 g/mol. The van der Waals surface area contributed by atoms with Crippen LogP contribution in [-0.2, 0) is 17.3 Å². The molecule has 3 aromatic rings. The first-order chi connectivity index (χ1) is 15.0. The minimum absolute atomic E-state index is 0.0183. The van der Waals surface area contributed by atoms with Crippen molar-refractivity contribution in [2.45, 2.75) is 17.9 Å². The fourth-order valence-corrected chi connectivity index (χ4v) is 4.78. The number of hydrogen-bond acceptors (Lipinski definition) is 5. The van der Waals surface area contributed by atoms with Gasteiger partial charge < -0.3 is 15.0 Å². The molecule has 0 radical (unpaired) electrons. The summed E-state index contributed by atoms with van der Waals surface area (Å²) in [5, 5.41) is 7.13. The molecule has 2 aliphatic rings. The van der Waals surface area contributed by atoms with Crippen LogP contribution in [0.4, 0.5) is 10.1 Å². The van der Waals surface area contributed by atoms with Gasteiger partial charge in [0, 0.05) is 19.3 Å². The van der Waals surface area contributed by atoms with Gasteiger partial charge in [-0.2, -0.15) is 4.98 Å². The van der Waals surface area contributed by atoms with Crippen LogP contribution in [0.15, 0.2) is 48.5 Å². The molecule has 1 aromatic heterocycles. The Kier molecular flexibility index (Phi) is 4.28. The first-order valence-corrected chi connectivity index (χ1v) is 9.88. The van der Waals surface area contributed by atoms with Crippen molar-refractivity contribution in [2.75, 3.05) is 19.0 Å². The van der Waals surface area contributed by atoms with Crippen LogP contribution in [0, 0.1) is 5.82 Å². The number of carbonyl (C=O) groups is 2. The minimum atomic E-state index is -0.983. The summed E-state index contributed by atoms with van der Waals surface area (Å²) in [5.74, 6) is -0.997. The van der Waals surface area contributed by atoms with Crippen molar-refractivity contribution in [2.24, 2.45) is 7.05 Å². The highest BCUT2D eigenvalue weighted by Crippen LogP contribution is 2.54. The van der Waals surface area contributed by atoms with Crippen LogP contribution in [0.2, 0.25) is 0 Å². The van der Waals surface area contributed by atoms with E-state index in [1.807, 2.05) is 24.3 Å². The van der Waals surface area contributed by atoms with Crippen molar-refractivity contribution in [1.29, 1.82) is 0 Å². The number of amides is 2. The van der Waals surface area contributed by atoms with E-state index in [1.54, 1.807) is 24.1 Å². The number of aryl methyl sites for hydroxylation is 1.